The van der Waals surface area contributed by atoms with Crippen LogP contribution in [0.2, 0.25) is 0 Å². The van der Waals surface area contributed by atoms with Crippen molar-refractivity contribution in [3.8, 4) is 5.75 Å². The van der Waals surface area contributed by atoms with Gasteiger partial charge in [-0.15, -0.1) is 0 Å². The fraction of sp³-hybridized carbons (Fsp3) is 0.467. The largest absolute Gasteiger partial charge is 0.490 e. The molecule has 20 heavy (non-hydrogen) atoms. The van der Waals surface area contributed by atoms with Crippen LogP contribution >= 0.6 is 0 Å². The lowest BCUT2D eigenvalue weighted by atomic mass is 10.2. The number of ether oxygens (including phenoxy) is 1. The number of hydrogen-bond acceptors (Lipinski definition) is 4. The number of nitrogens with one attached hydrogen (secondary N) is 1. The summed E-state index contributed by atoms with van der Waals surface area (Å²) in [6.07, 6.45) is 5.46. The van der Waals surface area contributed by atoms with Crippen molar-refractivity contribution in [2.24, 2.45) is 5.92 Å². The monoisotopic (exact) mass is 274 g/mol. The number of rotatable bonds is 8. The van der Waals surface area contributed by atoms with Crippen LogP contribution in [0.15, 0.2) is 36.8 Å². The highest BCUT2D eigenvalue weighted by Crippen LogP contribution is 2.09. The van der Waals surface area contributed by atoms with E-state index in [1.54, 1.807) is 12.4 Å². The second-order valence-electron chi connectivity index (χ2n) is 5.13. The summed E-state index contributed by atoms with van der Waals surface area (Å²) in [5.41, 5.74) is 1.03. The first kappa shape index (κ1) is 14.5. The van der Waals surface area contributed by atoms with Crippen molar-refractivity contribution in [3.63, 3.8) is 0 Å². The van der Waals surface area contributed by atoms with E-state index in [1.165, 1.54) is 0 Å². The first-order valence-electron chi connectivity index (χ1n) is 7.00. The molecular weight excluding hydrogens is 252 g/mol. The van der Waals surface area contributed by atoms with Crippen molar-refractivity contribution in [2.75, 3.05) is 13.2 Å². The van der Waals surface area contributed by atoms with Crippen molar-refractivity contribution in [1.82, 2.24) is 20.1 Å². The van der Waals surface area contributed by atoms with E-state index in [9.17, 15) is 0 Å². The average Bonchev–Trinajstić information content (AvgIpc) is 2.93. The quantitative estimate of drug-likeness (QED) is 0.801. The van der Waals surface area contributed by atoms with E-state index in [1.807, 2.05) is 29.1 Å². The van der Waals surface area contributed by atoms with E-state index >= 15 is 0 Å². The standard InChI is InChI=1S/C15H22N4O/c1-13(2)10-16-11-14-4-5-15(12-17-14)20-9-8-19-7-3-6-18-19/h3-7,12-13,16H,8-11H2,1-2H3. The zero-order valence-corrected chi connectivity index (χ0v) is 12.1. The van der Waals surface area contributed by atoms with Gasteiger partial charge in [-0.3, -0.25) is 9.67 Å². The maximum atomic E-state index is 5.63. The fourth-order valence-corrected chi connectivity index (χ4v) is 1.78. The molecule has 0 radical (unpaired) electrons. The van der Waals surface area contributed by atoms with Crippen molar-refractivity contribution < 1.29 is 4.74 Å². The molecule has 0 bridgehead atoms. The van der Waals surface area contributed by atoms with Crippen molar-refractivity contribution in [3.05, 3.63) is 42.5 Å². The summed E-state index contributed by atoms with van der Waals surface area (Å²) < 4.78 is 7.48. The molecule has 0 amide bonds. The van der Waals surface area contributed by atoms with Gasteiger partial charge in [-0.25, -0.2) is 0 Å². The molecule has 0 aliphatic heterocycles. The Labute approximate surface area is 120 Å². The molecule has 0 saturated heterocycles. The highest BCUT2D eigenvalue weighted by atomic mass is 16.5. The SMILES string of the molecule is CC(C)CNCc1ccc(OCCn2cccn2)cn1. The van der Waals surface area contributed by atoms with Crippen LogP contribution in [-0.4, -0.2) is 27.9 Å². The van der Waals surface area contributed by atoms with Crippen LogP contribution < -0.4 is 10.1 Å². The van der Waals surface area contributed by atoms with E-state index in [4.69, 9.17) is 4.74 Å². The predicted molar refractivity (Wildman–Crippen MR) is 78.5 cm³/mol. The minimum Gasteiger partial charge on any atom is -0.490 e. The van der Waals surface area contributed by atoms with Crippen LogP contribution in [0.4, 0.5) is 0 Å². The first-order valence-corrected chi connectivity index (χ1v) is 7.00. The zero-order valence-electron chi connectivity index (χ0n) is 12.1. The van der Waals surface area contributed by atoms with Crippen LogP contribution in [-0.2, 0) is 13.1 Å². The van der Waals surface area contributed by atoms with Crippen molar-refractivity contribution >= 4 is 0 Å². The van der Waals surface area contributed by atoms with Gasteiger partial charge in [0.15, 0.2) is 0 Å². The first-order chi connectivity index (χ1) is 9.74. The second-order valence-corrected chi connectivity index (χ2v) is 5.13. The molecule has 0 aromatic carbocycles. The van der Waals surface area contributed by atoms with Gasteiger partial charge >= 0.3 is 0 Å². The third-order valence-corrected chi connectivity index (χ3v) is 2.80. The summed E-state index contributed by atoms with van der Waals surface area (Å²) in [5, 5.41) is 7.49. The van der Waals surface area contributed by atoms with Crippen molar-refractivity contribution in [1.29, 1.82) is 0 Å². The number of nitrogens with zero attached hydrogens (tertiary/aromatic N) is 3. The Bertz CT molecular complexity index is 479. The Kier molecular flexibility index (Phi) is 5.55. The smallest absolute Gasteiger partial charge is 0.137 e. The lowest BCUT2D eigenvalue weighted by Gasteiger charge is -2.08. The molecule has 0 atom stereocenters. The third-order valence-electron chi connectivity index (χ3n) is 2.80. The summed E-state index contributed by atoms with van der Waals surface area (Å²) in [7, 11) is 0. The number of aromatic nitrogens is 3. The van der Waals surface area contributed by atoms with Gasteiger partial charge in [0.05, 0.1) is 18.4 Å². The van der Waals surface area contributed by atoms with E-state index < -0.39 is 0 Å². The maximum Gasteiger partial charge on any atom is 0.137 e. The topological polar surface area (TPSA) is 52.0 Å². The Morgan fingerprint density at radius 3 is 2.90 bits per heavy atom. The molecule has 2 aromatic heterocycles. The molecule has 0 aliphatic rings. The fourth-order valence-electron chi connectivity index (χ4n) is 1.78. The molecule has 2 heterocycles. The molecule has 2 rings (SSSR count). The Balaban J connectivity index is 1.71. The molecule has 1 N–H and O–H groups in total. The lowest BCUT2D eigenvalue weighted by Crippen LogP contribution is -2.19. The van der Waals surface area contributed by atoms with Crippen LogP contribution in [0.1, 0.15) is 19.5 Å². The second kappa shape index (κ2) is 7.65. The molecule has 5 heteroatoms. The molecule has 108 valence electrons. The van der Waals surface area contributed by atoms with Gasteiger partial charge in [0.25, 0.3) is 0 Å². The van der Waals surface area contributed by atoms with E-state index in [0.717, 1.165) is 31.1 Å². The Morgan fingerprint density at radius 2 is 2.25 bits per heavy atom. The lowest BCUT2D eigenvalue weighted by molar-refractivity contribution is 0.290. The summed E-state index contributed by atoms with van der Waals surface area (Å²) in [6.45, 7) is 7.52. The number of hydrogen-bond donors (Lipinski definition) is 1. The van der Waals surface area contributed by atoms with Crippen LogP contribution in [0, 0.1) is 5.92 Å². The Hall–Kier alpha value is -1.88. The van der Waals surface area contributed by atoms with E-state index in [-0.39, 0.29) is 0 Å². The minimum atomic E-state index is 0.592. The van der Waals surface area contributed by atoms with Crippen molar-refractivity contribution in [2.45, 2.75) is 26.9 Å². The van der Waals surface area contributed by atoms with Gasteiger partial charge in [-0.1, -0.05) is 13.8 Å². The highest BCUT2D eigenvalue weighted by Gasteiger charge is 1.99. The summed E-state index contributed by atoms with van der Waals surface area (Å²) in [4.78, 5) is 4.38. The molecule has 0 saturated carbocycles. The van der Waals surface area contributed by atoms with Gasteiger partial charge in [0, 0.05) is 18.9 Å². The number of pyridine rings is 1. The molecule has 0 spiro atoms. The predicted octanol–water partition coefficient (Wildman–Crippen LogP) is 2.10. The summed E-state index contributed by atoms with van der Waals surface area (Å²) in [6, 6.07) is 5.86. The van der Waals surface area contributed by atoms with E-state index in [2.05, 4.69) is 29.2 Å². The van der Waals surface area contributed by atoms with Gasteiger partial charge in [-0.2, -0.15) is 5.10 Å². The molecule has 5 nitrogen and oxygen atoms in total. The van der Waals surface area contributed by atoms with Gasteiger partial charge in [0.1, 0.15) is 12.4 Å². The van der Waals surface area contributed by atoms with Crippen LogP contribution in [0.3, 0.4) is 0 Å². The molecule has 0 fully saturated rings. The molecule has 2 aromatic rings. The van der Waals surface area contributed by atoms with Gasteiger partial charge in [-0.05, 0) is 30.7 Å². The Morgan fingerprint density at radius 1 is 1.35 bits per heavy atom. The van der Waals surface area contributed by atoms with Crippen LogP contribution in [0.25, 0.3) is 0 Å². The third kappa shape index (κ3) is 5.01. The molecule has 0 aliphatic carbocycles. The van der Waals surface area contributed by atoms with Crippen LogP contribution in [0.5, 0.6) is 5.75 Å². The highest BCUT2D eigenvalue weighted by molar-refractivity contribution is 5.19. The zero-order chi connectivity index (χ0) is 14.2. The van der Waals surface area contributed by atoms with E-state index in [0.29, 0.717) is 12.5 Å². The summed E-state index contributed by atoms with van der Waals surface area (Å²) >= 11 is 0. The summed E-state index contributed by atoms with van der Waals surface area (Å²) in [5.74, 6) is 1.45. The average molecular weight is 274 g/mol. The molecule has 0 unspecified atom stereocenters. The molecular formula is C15H22N4O. The maximum absolute atomic E-state index is 5.63. The normalized spacial score (nSPS) is 10.9. The minimum absolute atomic E-state index is 0.592. The van der Waals surface area contributed by atoms with Gasteiger partial charge in [0.2, 0.25) is 0 Å². The van der Waals surface area contributed by atoms with Gasteiger partial charge < -0.3 is 10.1 Å².